The topological polar surface area (TPSA) is 70.7 Å². The highest BCUT2D eigenvalue weighted by Gasteiger charge is 2.24. The van der Waals surface area contributed by atoms with Crippen molar-refractivity contribution in [1.29, 1.82) is 0 Å². The minimum atomic E-state index is -0.140. The van der Waals surface area contributed by atoms with E-state index in [1.54, 1.807) is 16.7 Å². The predicted octanol–water partition coefficient (Wildman–Crippen LogP) is 5.27. The van der Waals surface area contributed by atoms with E-state index in [2.05, 4.69) is 14.8 Å². The summed E-state index contributed by atoms with van der Waals surface area (Å²) in [5.74, 6) is 1.72. The van der Waals surface area contributed by atoms with Gasteiger partial charge >= 0.3 is 0 Å². The van der Waals surface area contributed by atoms with Gasteiger partial charge in [-0.25, -0.2) is 0 Å². The summed E-state index contributed by atoms with van der Waals surface area (Å²) in [5, 5.41) is 9.68. The third-order valence-electron chi connectivity index (χ3n) is 5.56. The molecule has 0 bridgehead atoms. The third-order valence-corrected chi connectivity index (χ3v) is 6.98. The van der Waals surface area contributed by atoms with E-state index in [1.807, 2.05) is 44.2 Å². The van der Waals surface area contributed by atoms with Gasteiger partial charge in [0.05, 0.1) is 22.3 Å². The van der Waals surface area contributed by atoms with Crippen molar-refractivity contribution in [2.75, 3.05) is 12.4 Å². The molecule has 1 aromatic carbocycles. The van der Waals surface area contributed by atoms with E-state index in [-0.39, 0.29) is 17.6 Å². The molecule has 0 amide bonds. The molecule has 0 fully saturated rings. The highest BCUT2D eigenvalue weighted by molar-refractivity contribution is 7.99. The molecule has 170 valence electrons. The largest absolute Gasteiger partial charge is 0.486 e. The molecule has 4 heterocycles. The van der Waals surface area contributed by atoms with E-state index in [4.69, 9.17) is 32.7 Å². The normalized spacial score (nSPS) is 15.2. The first kappa shape index (κ1) is 22.1. The number of fused-ring (bicyclic) bond motifs is 2. The monoisotopic (exact) mass is 502 g/mol. The van der Waals surface area contributed by atoms with Crippen LogP contribution in [0.3, 0.4) is 0 Å². The second-order valence-corrected chi connectivity index (χ2v) is 9.57. The molecule has 0 spiro atoms. The van der Waals surface area contributed by atoms with Gasteiger partial charge in [0.25, 0.3) is 0 Å². The van der Waals surface area contributed by atoms with Gasteiger partial charge in [0.15, 0.2) is 34.2 Å². The molecule has 0 saturated carbocycles. The highest BCUT2D eigenvalue weighted by Crippen LogP contribution is 2.32. The number of nitrogens with zero attached hydrogens (tertiary/aromatic N) is 4. The number of carbonyl (C=O) groups is 1. The minimum Gasteiger partial charge on any atom is -0.486 e. The zero-order valence-corrected chi connectivity index (χ0v) is 20.2. The van der Waals surface area contributed by atoms with Crippen LogP contribution in [0.1, 0.15) is 21.7 Å². The van der Waals surface area contributed by atoms with Crippen LogP contribution in [0, 0.1) is 13.8 Å². The molecule has 7 nitrogen and oxygen atoms in total. The van der Waals surface area contributed by atoms with Crippen molar-refractivity contribution in [2.24, 2.45) is 0 Å². The van der Waals surface area contributed by atoms with E-state index in [0.29, 0.717) is 39.6 Å². The Kier molecular flexibility index (Phi) is 5.99. The molecule has 3 aromatic heterocycles. The lowest BCUT2D eigenvalue weighted by Crippen LogP contribution is -2.33. The van der Waals surface area contributed by atoms with Crippen LogP contribution >= 0.6 is 35.0 Å². The highest BCUT2D eigenvalue weighted by atomic mass is 35.5. The van der Waals surface area contributed by atoms with Gasteiger partial charge in [0.2, 0.25) is 0 Å². The van der Waals surface area contributed by atoms with E-state index in [1.165, 1.54) is 11.8 Å². The Labute approximate surface area is 204 Å². The van der Waals surface area contributed by atoms with Crippen molar-refractivity contribution in [3.05, 3.63) is 69.6 Å². The third kappa shape index (κ3) is 4.30. The summed E-state index contributed by atoms with van der Waals surface area (Å²) in [6, 6.07) is 11.2. The lowest BCUT2D eigenvalue weighted by molar-refractivity contribution is 0.0777. The summed E-state index contributed by atoms with van der Waals surface area (Å²) < 4.78 is 15.7. The van der Waals surface area contributed by atoms with E-state index < -0.39 is 0 Å². The second kappa shape index (κ2) is 8.93. The lowest BCUT2D eigenvalue weighted by atomic mass is 10.2. The maximum atomic E-state index is 13.1. The van der Waals surface area contributed by atoms with Gasteiger partial charge < -0.3 is 14.0 Å². The fraction of sp³-hybridized carbons (Fsp3) is 0.261. The summed E-state index contributed by atoms with van der Waals surface area (Å²) in [7, 11) is 0. The molecule has 0 aliphatic carbocycles. The van der Waals surface area contributed by atoms with Crippen LogP contribution in [-0.4, -0.2) is 43.4 Å². The van der Waals surface area contributed by atoms with Crippen LogP contribution in [0.2, 0.25) is 10.0 Å². The van der Waals surface area contributed by atoms with Crippen LogP contribution in [0.5, 0.6) is 11.5 Å². The van der Waals surface area contributed by atoms with Crippen molar-refractivity contribution in [3.63, 3.8) is 0 Å². The molecule has 33 heavy (non-hydrogen) atoms. The SMILES string of the molecule is Cc1cc(C(=O)CSc2nnc3c(Cl)cc(Cl)cn23)c(C)n1C[C@H]1COc2ccccc2O1. The summed E-state index contributed by atoms with van der Waals surface area (Å²) in [5.41, 5.74) is 3.08. The van der Waals surface area contributed by atoms with Crippen molar-refractivity contribution in [1.82, 2.24) is 19.2 Å². The number of rotatable bonds is 6. The number of carbonyl (C=O) groups excluding carboxylic acids is 1. The average Bonchev–Trinajstić information content (AvgIpc) is 3.33. The van der Waals surface area contributed by atoms with Gasteiger partial charge in [0.1, 0.15) is 6.61 Å². The number of halogens is 2. The number of Topliss-reactive ketones (excluding diaryl/α,β-unsaturated/α-hetero) is 1. The number of ketones is 1. The number of thioether (sulfide) groups is 1. The standard InChI is InChI=1S/C23H20Cl2N4O3S/c1-13-7-17(14(2)28(13)10-16-11-31-20-5-3-4-6-21(20)32-16)19(30)12-33-23-27-26-22-18(25)8-15(24)9-29(22)23/h3-9,16H,10-12H2,1-2H3/t16-/m0/s1. The molecule has 5 rings (SSSR count). The summed E-state index contributed by atoms with van der Waals surface area (Å²) in [6.45, 7) is 5.00. The Balaban J connectivity index is 1.30. The van der Waals surface area contributed by atoms with Gasteiger partial charge in [-0.2, -0.15) is 0 Å². The fourth-order valence-electron chi connectivity index (χ4n) is 3.93. The van der Waals surface area contributed by atoms with Crippen LogP contribution in [0.15, 0.2) is 47.8 Å². The molecule has 10 heteroatoms. The van der Waals surface area contributed by atoms with Crippen molar-refractivity contribution >= 4 is 46.4 Å². The first-order valence-corrected chi connectivity index (χ1v) is 12.1. The summed E-state index contributed by atoms with van der Waals surface area (Å²) in [4.78, 5) is 13.1. The maximum absolute atomic E-state index is 13.1. The van der Waals surface area contributed by atoms with E-state index >= 15 is 0 Å². The lowest BCUT2D eigenvalue weighted by Gasteiger charge is -2.27. The fourth-order valence-corrected chi connectivity index (χ4v) is 5.23. The maximum Gasteiger partial charge on any atom is 0.196 e. The number of aryl methyl sites for hydroxylation is 1. The minimum absolute atomic E-state index is 0.00961. The Morgan fingerprint density at radius 2 is 1.97 bits per heavy atom. The molecule has 4 aromatic rings. The van der Waals surface area contributed by atoms with Crippen LogP contribution < -0.4 is 9.47 Å². The molecule has 0 saturated heterocycles. The van der Waals surface area contributed by atoms with Gasteiger partial charge in [0, 0.05) is 23.1 Å². The predicted molar refractivity (Wildman–Crippen MR) is 128 cm³/mol. The van der Waals surface area contributed by atoms with Crippen LogP contribution in [-0.2, 0) is 6.54 Å². The number of hydrogen-bond acceptors (Lipinski definition) is 6. The Morgan fingerprint density at radius 1 is 1.18 bits per heavy atom. The van der Waals surface area contributed by atoms with Crippen molar-refractivity contribution < 1.29 is 14.3 Å². The molecule has 1 atom stereocenters. The Morgan fingerprint density at radius 3 is 2.79 bits per heavy atom. The quantitative estimate of drug-likeness (QED) is 0.264. The number of hydrogen-bond donors (Lipinski definition) is 0. The smallest absolute Gasteiger partial charge is 0.196 e. The first-order chi connectivity index (χ1) is 15.9. The Bertz CT molecular complexity index is 1370. The molecule has 0 radical (unpaired) electrons. The van der Waals surface area contributed by atoms with E-state index in [9.17, 15) is 4.79 Å². The average molecular weight is 503 g/mol. The van der Waals surface area contributed by atoms with Crippen molar-refractivity contribution in [2.45, 2.75) is 31.7 Å². The molecular formula is C23H20Cl2N4O3S. The number of aromatic nitrogens is 4. The number of pyridine rings is 1. The zero-order valence-electron chi connectivity index (χ0n) is 17.9. The van der Waals surface area contributed by atoms with Gasteiger partial charge in [-0.1, -0.05) is 47.1 Å². The van der Waals surface area contributed by atoms with Crippen LogP contribution in [0.25, 0.3) is 5.65 Å². The van der Waals surface area contributed by atoms with Gasteiger partial charge in [-0.05, 0) is 38.1 Å². The second-order valence-electron chi connectivity index (χ2n) is 7.79. The molecular weight excluding hydrogens is 483 g/mol. The van der Waals surface area contributed by atoms with Crippen LogP contribution in [0.4, 0.5) is 0 Å². The number of ether oxygens (including phenoxy) is 2. The molecule has 0 unspecified atom stereocenters. The molecule has 0 N–H and O–H groups in total. The van der Waals surface area contributed by atoms with Gasteiger partial charge in [-0.3, -0.25) is 9.20 Å². The number of para-hydroxylation sites is 2. The van der Waals surface area contributed by atoms with Gasteiger partial charge in [-0.15, -0.1) is 10.2 Å². The molecule has 1 aliphatic rings. The first-order valence-electron chi connectivity index (χ1n) is 10.3. The van der Waals surface area contributed by atoms with E-state index in [0.717, 1.165) is 22.9 Å². The van der Waals surface area contributed by atoms with Crippen molar-refractivity contribution in [3.8, 4) is 11.5 Å². The molecule has 1 aliphatic heterocycles. The Hall–Kier alpha value is -2.68. The number of benzene rings is 1. The summed E-state index contributed by atoms with van der Waals surface area (Å²) >= 11 is 13.6. The zero-order chi connectivity index (χ0) is 23.1. The summed E-state index contributed by atoms with van der Waals surface area (Å²) in [6.07, 6.45) is 1.55.